The van der Waals surface area contributed by atoms with E-state index in [4.69, 9.17) is 4.74 Å². The van der Waals surface area contributed by atoms with E-state index >= 15 is 0 Å². The van der Waals surface area contributed by atoms with Gasteiger partial charge in [0.1, 0.15) is 6.10 Å². The lowest BCUT2D eigenvalue weighted by atomic mass is 9.81. The van der Waals surface area contributed by atoms with Crippen molar-refractivity contribution >= 4 is 28.6 Å². The molecule has 0 N–H and O–H groups in total. The number of esters is 1. The second-order valence-corrected chi connectivity index (χ2v) is 7.46. The molecule has 0 radical (unpaired) electrons. The van der Waals surface area contributed by atoms with Crippen LogP contribution in [0.25, 0.3) is 0 Å². The van der Waals surface area contributed by atoms with Crippen LogP contribution in [0, 0.1) is 5.92 Å². The molecule has 15 heavy (non-hydrogen) atoms. The van der Waals surface area contributed by atoms with Gasteiger partial charge < -0.3 is 4.74 Å². The molecule has 0 aliphatic heterocycles. The summed E-state index contributed by atoms with van der Waals surface area (Å²) in [5.41, 5.74) is 0.489. The summed E-state index contributed by atoms with van der Waals surface area (Å²) in [5, 5.41) is 0. The van der Waals surface area contributed by atoms with Crippen molar-refractivity contribution in [3.05, 3.63) is 12.2 Å². The summed E-state index contributed by atoms with van der Waals surface area (Å²) in [6.45, 7) is 9.68. The first-order valence-corrected chi connectivity index (χ1v) is 6.45. The molecule has 1 aliphatic rings. The quantitative estimate of drug-likeness (QED) is 0.337. The molecule has 3 unspecified atom stereocenters. The van der Waals surface area contributed by atoms with E-state index in [1.165, 1.54) is 6.42 Å². The topological polar surface area (TPSA) is 26.3 Å². The van der Waals surface area contributed by atoms with Crippen molar-refractivity contribution in [2.45, 2.75) is 49.6 Å². The van der Waals surface area contributed by atoms with Gasteiger partial charge >= 0.3 is 5.97 Å². The fraction of sp³-hybridized carbons (Fsp3) is 0.750. The van der Waals surface area contributed by atoms with Gasteiger partial charge in [0.2, 0.25) is 0 Å². The highest BCUT2D eigenvalue weighted by Gasteiger charge is 2.36. The fourth-order valence-corrected chi connectivity index (χ4v) is 2.58. The molecule has 0 aromatic rings. The first-order valence-electron chi connectivity index (χ1n) is 5.37. The highest BCUT2D eigenvalue weighted by molar-refractivity contribution is 14.1. The monoisotopic (exact) mass is 322 g/mol. The van der Waals surface area contributed by atoms with Crippen LogP contribution in [0.1, 0.15) is 40.0 Å². The molecule has 0 heterocycles. The van der Waals surface area contributed by atoms with Gasteiger partial charge in [-0.25, -0.2) is 4.79 Å². The molecule has 1 aliphatic carbocycles. The Bertz CT molecular complexity index is 271. The zero-order chi connectivity index (χ0) is 11.6. The van der Waals surface area contributed by atoms with Gasteiger partial charge in [-0.2, -0.15) is 0 Å². The van der Waals surface area contributed by atoms with E-state index in [1.54, 1.807) is 6.92 Å². The van der Waals surface area contributed by atoms with Crippen LogP contribution in [0.15, 0.2) is 12.2 Å². The lowest BCUT2D eigenvalue weighted by Gasteiger charge is -2.37. The van der Waals surface area contributed by atoms with E-state index < -0.39 is 0 Å². The van der Waals surface area contributed by atoms with E-state index in [2.05, 4.69) is 43.0 Å². The molecule has 1 rings (SSSR count). The van der Waals surface area contributed by atoms with E-state index in [0.29, 0.717) is 11.5 Å². The summed E-state index contributed by atoms with van der Waals surface area (Å²) >= 11 is 2.47. The maximum atomic E-state index is 11.4. The van der Waals surface area contributed by atoms with Crippen molar-refractivity contribution in [1.29, 1.82) is 0 Å². The van der Waals surface area contributed by atoms with Gasteiger partial charge in [-0.1, -0.05) is 43.0 Å². The average Bonchev–Trinajstić information content (AvgIpc) is 2.11. The summed E-state index contributed by atoms with van der Waals surface area (Å²) in [5.74, 6) is 0.220. The molecule has 2 nitrogen and oxygen atoms in total. The Balaban J connectivity index is 2.59. The molecule has 0 amide bonds. The normalized spacial score (nSPS) is 36.0. The van der Waals surface area contributed by atoms with Gasteiger partial charge in [-0.3, -0.25) is 0 Å². The second-order valence-electron chi connectivity index (χ2n) is 4.86. The summed E-state index contributed by atoms with van der Waals surface area (Å²) < 4.78 is 5.73. The van der Waals surface area contributed by atoms with Crippen LogP contribution >= 0.6 is 22.6 Å². The summed E-state index contributed by atoms with van der Waals surface area (Å²) in [6, 6.07) is 0. The predicted molar refractivity (Wildman–Crippen MR) is 70.1 cm³/mol. The average molecular weight is 322 g/mol. The van der Waals surface area contributed by atoms with Gasteiger partial charge in [0.15, 0.2) is 0 Å². The second kappa shape index (κ2) is 4.85. The Labute approximate surface area is 106 Å². The molecule has 0 saturated heterocycles. The lowest BCUT2D eigenvalue weighted by Crippen LogP contribution is -2.37. The minimum absolute atomic E-state index is 0.0600. The molecule has 3 atom stereocenters. The maximum Gasteiger partial charge on any atom is 0.333 e. The molecule has 1 saturated carbocycles. The number of alkyl halides is 1. The lowest BCUT2D eigenvalue weighted by molar-refractivity contribution is -0.148. The van der Waals surface area contributed by atoms with E-state index in [-0.39, 0.29) is 15.5 Å². The molecular weight excluding hydrogens is 303 g/mol. The Kier molecular flexibility index (Phi) is 4.20. The van der Waals surface area contributed by atoms with Crippen molar-refractivity contribution in [3.8, 4) is 0 Å². The van der Waals surface area contributed by atoms with Crippen molar-refractivity contribution in [3.63, 3.8) is 0 Å². The Morgan fingerprint density at radius 2 is 2.20 bits per heavy atom. The number of hydrogen-bond acceptors (Lipinski definition) is 2. The minimum atomic E-state index is -0.249. The van der Waals surface area contributed by atoms with Crippen molar-refractivity contribution in [1.82, 2.24) is 0 Å². The number of ether oxygens (including phenoxy) is 1. The summed E-state index contributed by atoms with van der Waals surface area (Å²) in [6.07, 6.45) is 3.35. The molecule has 0 spiro atoms. The zero-order valence-corrected chi connectivity index (χ0v) is 11.8. The third kappa shape index (κ3) is 3.78. The predicted octanol–water partition coefficient (Wildman–Crippen LogP) is 3.49. The standard InChI is InChI=1S/C12H19IO2/c1-8(2)11(14)15-10-7-12(4,13)6-5-9(10)3/h9-10H,1,5-7H2,2-4H3. The van der Waals surface area contributed by atoms with Crippen molar-refractivity contribution in [2.75, 3.05) is 0 Å². The van der Waals surface area contributed by atoms with Crippen molar-refractivity contribution < 1.29 is 9.53 Å². The largest absolute Gasteiger partial charge is 0.459 e. The number of hydrogen-bond donors (Lipinski definition) is 0. The van der Waals surface area contributed by atoms with Gasteiger partial charge in [0.05, 0.1) is 0 Å². The third-order valence-electron chi connectivity index (χ3n) is 2.99. The first kappa shape index (κ1) is 13.0. The SMILES string of the molecule is C=C(C)C(=O)OC1CC(C)(I)CCC1C. The third-order valence-corrected chi connectivity index (χ3v) is 3.97. The number of carbonyl (C=O) groups excluding carboxylic acids is 1. The Hall–Kier alpha value is -0.0600. The fourth-order valence-electron chi connectivity index (χ4n) is 1.83. The Morgan fingerprint density at radius 1 is 1.60 bits per heavy atom. The minimum Gasteiger partial charge on any atom is -0.459 e. The smallest absolute Gasteiger partial charge is 0.333 e. The zero-order valence-electron chi connectivity index (χ0n) is 9.68. The molecular formula is C12H19IO2. The summed E-state index contributed by atoms with van der Waals surface area (Å²) in [7, 11) is 0. The number of rotatable bonds is 2. The molecule has 0 aromatic carbocycles. The van der Waals surface area contributed by atoms with Crippen molar-refractivity contribution in [2.24, 2.45) is 5.92 Å². The van der Waals surface area contributed by atoms with Gasteiger partial charge in [0.25, 0.3) is 0 Å². The van der Waals surface area contributed by atoms with Crippen LogP contribution < -0.4 is 0 Å². The number of halogens is 1. The van der Waals surface area contributed by atoms with Gasteiger partial charge in [-0.15, -0.1) is 0 Å². The number of carbonyl (C=O) groups is 1. The van der Waals surface area contributed by atoms with E-state index in [0.717, 1.165) is 12.8 Å². The van der Waals surface area contributed by atoms with Crippen LogP contribution in [0.2, 0.25) is 0 Å². The highest BCUT2D eigenvalue weighted by atomic mass is 127. The van der Waals surface area contributed by atoms with Crippen LogP contribution in [0.4, 0.5) is 0 Å². The van der Waals surface area contributed by atoms with Crippen LogP contribution in [-0.4, -0.2) is 15.5 Å². The summed E-state index contributed by atoms with van der Waals surface area (Å²) in [4.78, 5) is 11.4. The molecule has 1 fully saturated rings. The molecule has 0 bridgehead atoms. The van der Waals surface area contributed by atoms with Crippen LogP contribution in [0.5, 0.6) is 0 Å². The maximum absolute atomic E-state index is 11.4. The van der Waals surface area contributed by atoms with E-state index in [1.807, 2.05) is 0 Å². The van der Waals surface area contributed by atoms with Gasteiger partial charge in [-0.05, 0) is 32.1 Å². The molecule has 3 heteroatoms. The van der Waals surface area contributed by atoms with Crippen LogP contribution in [-0.2, 0) is 9.53 Å². The molecule has 0 aromatic heterocycles. The van der Waals surface area contributed by atoms with Gasteiger partial charge in [0, 0.05) is 8.99 Å². The van der Waals surface area contributed by atoms with Crippen LogP contribution in [0.3, 0.4) is 0 Å². The molecule has 86 valence electrons. The first-order chi connectivity index (χ1) is 6.82. The highest BCUT2D eigenvalue weighted by Crippen LogP contribution is 2.39. The van der Waals surface area contributed by atoms with E-state index in [9.17, 15) is 4.79 Å². The Morgan fingerprint density at radius 3 is 2.73 bits per heavy atom.